The highest BCUT2D eigenvalue weighted by Gasteiger charge is 2.19. The van der Waals surface area contributed by atoms with E-state index in [1.165, 1.54) is 6.07 Å². The van der Waals surface area contributed by atoms with E-state index in [9.17, 15) is 14.5 Å². The standard InChI is InChI=1S/C16H15FN2O2/c1-11-8-15(4-5-16(11)19(20)21)18-7-6-12-9-14(17)3-2-13(12)10-18/h2-5,8-9H,6-7,10H2,1H3. The van der Waals surface area contributed by atoms with Crippen molar-refractivity contribution in [1.82, 2.24) is 0 Å². The Kier molecular flexibility index (Phi) is 3.33. The smallest absolute Gasteiger partial charge is 0.272 e. The SMILES string of the molecule is Cc1cc(N2CCc3cc(F)ccc3C2)ccc1[N+](=O)[O-]. The number of nitro benzene ring substituents is 1. The van der Waals surface area contributed by atoms with Crippen molar-refractivity contribution in [3.8, 4) is 0 Å². The molecule has 0 fully saturated rings. The second-order valence-electron chi connectivity index (χ2n) is 5.31. The molecule has 0 N–H and O–H groups in total. The van der Waals surface area contributed by atoms with Crippen molar-refractivity contribution in [3.05, 3.63) is 69.0 Å². The fourth-order valence-corrected chi connectivity index (χ4v) is 2.78. The quantitative estimate of drug-likeness (QED) is 0.626. The van der Waals surface area contributed by atoms with Crippen LogP contribution in [0.5, 0.6) is 0 Å². The number of nitro groups is 1. The van der Waals surface area contributed by atoms with Crippen molar-refractivity contribution in [3.63, 3.8) is 0 Å². The van der Waals surface area contributed by atoms with Gasteiger partial charge in [-0.05, 0) is 48.7 Å². The zero-order valence-electron chi connectivity index (χ0n) is 11.7. The van der Waals surface area contributed by atoms with Crippen LogP contribution >= 0.6 is 0 Å². The zero-order valence-corrected chi connectivity index (χ0v) is 11.7. The number of hydrogen-bond donors (Lipinski definition) is 0. The molecule has 0 saturated heterocycles. The maximum absolute atomic E-state index is 13.2. The van der Waals surface area contributed by atoms with Crippen LogP contribution in [0.3, 0.4) is 0 Å². The normalized spacial score (nSPS) is 13.9. The lowest BCUT2D eigenvalue weighted by Crippen LogP contribution is -2.30. The van der Waals surface area contributed by atoms with Gasteiger partial charge in [-0.15, -0.1) is 0 Å². The summed E-state index contributed by atoms with van der Waals surface area (Å²) in [4.78, 5) is 12.7. The first kappa shape index (κ1) is 13.5. The Morgan fingerprint density at radius 2 is 2.00 bits per heavy atom. The number of hydrogen-bond acceptors (Lipinski definition) is 3. The van der Waals surface area contributed by atoms with Gasteiger partial charge in [-0.2, -0.15) is 0 Å². The second kappa shape index (κ2) is 5.16. The summed E-state index contributed by atoms with van der Waals surface area (Å²) in [6, 6.07) is 10.0. The largest absolute Gasteiger partial charge is 0.367 e. The minimum atomic E-state index is -0.368. The van der Waals surface area contributed by atoms with E-state index in [1.807, 2.05) is 12.1 Å². The van der Waals surface area contributed by atoms with Gasteiger partial charge in [0, 0.05) is 30.4 Å². The van der Waals surface area contributed by atoms with Gasteiger partial charge in [-0.3, -0.25) is 10.1 Å². The molecule has 21 heavy (non-hydrogen) atoms. The number of anilines is 1. The molecule has 4 nitrogen and oxygen atoms in total. The first-order valence-corrected chi connectivity index (χ1v) is 6.82. The average molecular weight is 286 g/mol. The molecule has 108 valence electrons. The molecule has 0 radical (unpaired) electrons. The molecule has 1 aliphatic rings. The summed E-state index contributed by atoms with van der Waals surface area (Å²) in [5.74, 6) is -0.201. The Hall–Kier alpha value is -2.43. The van der Waals surface area contributed by atoms with Crippen molar-refractivity contribution >= 4 is 11.4 Å². The van der Waals surface area contributed by atoms with Gasteiger partial charge in [0.15, 0.2) is 0 Å². The molecule has 0 saturated carbocycles. The van der Waals surface area contributed by atoms with Crippen molar-refractivity contribution in [2.75, 3.05) is 11.4 Å². The molecule has 0 aromatic heterocycles. The molecule has 1 aliphatic heterocycles. The van der Waals surface area contributed by atoms with E-state index < -0.39 is 0 Å². The van der Waals surface area contributed by atoms with E-state index in [0.29, 0.717) is 12.1 Å². The maximum atomic E-state index is 13.2. The fraction of sp³-hybridized carbons (Fsp3) is 0.250. The highest BCUT2D eigenvalue weighted by molar-refractivity contribution is 5.56. The zero-order chi connectivity index (χ0) is 15.0. The first-order valence-electron chi connectivity index (χ1n) is 6.82. The lowest BCUT2D eigenvalue weighted by molar-refractivity contribution is -0.385. The average Bonchev–Trinajstić information content (AvgIpc) is 2.46. The van der Waals surface area contributed by atoms with Crippen LogP contribution < -0.4 is 4.90 Å². The molecule has 0 unspecified atom stereocenters. The number of halogens is 1. The molecule has 0 bridgehead atoms. The lowest BCUT2D eigenvalue weighted by atomic mass is 9.99. The van der Waals surface area contributed by atoms with Gasteiger partial charge in [0.25, 0.3) is 5.69 Å². The molecule has 1 heterocycles. The molecular formula is C16H15FN2O2. The molecule has 0 aliphatic carbocycles. The van der Waals surface area contributed by atoms with Crippen LogP contribution in [-0.4, -0.2) is 11.5 Å². The Morgan fingerprint density at radius 3 is 2.71 bits per heavy atom. The number of nitrogens with zero attached hydrogens (tertiary/aromatic N) is 2. The maximum Gasteiger partial charge on any atom is 0.272 e. The summed E-state index contributed by atoms with van der Waals surface area (Å²) in [7, 11) is 0. The molecule has 3 rings (SSSR count). The molecule has 5 heteroatoms. The summed E-state index contributed by atoms with van der Waals surface area (Å²) >= 11 is 0. The van der Waals surface area contributed by atoms with Gasteiger partial charge in [-0.1, -0.05) is 6.07 Å². The number of fused-ring (bicyclic) bond motifs is 1. The summed E-state index contributed by atoms with van der Waals surface area (Å²) in [5, 5.41) is 10.9. The van der Waals surface area contributed by atoms with Crippen LogP contribution in [0.2, 0.25) is 0 Å². The number of rotatable bonds is 2. The third-order valence-corrected chi connectivity index (χ3v) is 3.92. The van der Waals surface area contributed by atoms with Crippen LogP contribution in [0.1, 0.15) is 16.7 Å². The van der Waals surface area contributed by atoms with Gasteiger partial charge >= 0.3 is 0 Å². The minimum Gasteiger partial charge on any atom is -0.367 e. The summed E-state index contributed by atoms with van der Waals surface area (Å²) in [6.45, 7) is 3.23. The third kappa shape index (κ3) is 2.59. The van der Waals surface area contributed by atoms with E-state index >= 15 is 0 Å². The summed E-state index contributed by atoms with van der Waals surface area (Å²) < 4.78 is 13.2. The van der Waals surface area contributed by atoms with Gasteiger partial charge in [0.2, 0.25) is 0 Å². The van der Waals surface area contributed by atoms with Crippen LogP contribution in [0, 0.1) is 22.9 Å². The lowest BCUT2D eigenvalue weighted by Gasteiger charge is -2.31. The highest BCUT2D eigenvalue weighted by Crippen LogP contribution is 2.28. The summed E-state index contributed by atoms with van der Waals surface area (Å²) in [5.41, 5.74) is 3.91. The van der Waals surface area contributed by atoms with E-state index in [-0.39, 0.29) is 16.4 Å². The van der Waals surface area contributed by atoms with Crippen LogP contribution in [0.15, 0.2) is 36.4 Å². The van der Waals surface area contributed by atoms with E-state index in [0.717, 1.165) is 29.8 Å². The monoisotopic (exact) mass is 286 g/mol. The minimum absolute atomic E-state index is 0.137. The Balaban J connectivity index is 1.88. The fourth-order valence-electron chi connectivity index (χ4n) is 2.78. The van der Waals surface area contributed by atoms with Gasteiger partial charge < -0.3 is 4.90 Å². The number of aryl methyl sites for hydroxylation is 1. The van der Waals surface area contributed by atoms with Crippen molar-refractivity contribution in [1.29, 1.82) is 0 Å². The Labute approximate surface area is 122 Å². The Bertz CT molecular complexity index is 715. The molecule has 2 aromatic rings. The molecule has 0 amide bonds. The van der Waals surface area contributed by atoms with Gasteiger partial charge in [0.1, 0.15) is 5.82 Å². The van der Waals surface area contributed by atoms with Gasteiger partial charge in [-0.25, -0.2) is 4.39 Å². The van der Waals surface area contributed by atoms with E-state index in [2.05, 4.69) is 4.90 Å². The van der Waals surface area contributed by atoms with Crippen molar-refractivity contribution in [2.24, 2.45) is 0 Å². The van der Waals surface area contributed by atoms with E-state index in [4.69, 9.17) is 0 Å². The summed E-state index contributed by atoms with van der Waals surface area (Å²) in [6.07, 6.45) is 0.781. The van der Waals surface area contributed by atoms with Gasteiger partial charge in [0.05, 0.1) is 4.92 Å². The number of benzene rings is 2. The second-order valence-corrected chi connectivity index (χ2v) is 5.31. The van der Waals surface area contributed by atoms with Crippen LogP contribution in [0.4, 0.5) is 15.8 Å². The first-order chi connectivity index (χ1) is 10.0. The predicted molar refractivity (Wildman–Crippen MR) is 79.0 cm³/mol. The van der Waals surface area contributed by atoms with Crippen molar-refractivity contribution in [2.45, 2.75) is 19.9 Å². The molecule has 0 spiro atoms. The third-order valence-electron chi connectivity index (χ3n) is 3.92. The van der Waals surface area contributed by atoms with Crippen molar-refractivity contribution < 1.29 is 9.31 Å². The molecular weight excluding hydrogens is 271 g/mol. The highest BCUT2D eigenvalue weighted by atomic mass is 19.1. The molecule has 2 aromatic carbocycles. The topological polar surface area (TPSA) is 46.4 Å². The predicted octanol–water partition coefficient (Wildman–Crippen LogP) is 3.61. The molecule has 0 atom stereocenters. The van der Waals surface area contributed by atoms with E-state index in [1.54, 1.807) is 25.1 Å². The van der Waals surface area contributed by atoms with Crippen LogP contribution in [0.25, 0.3) is 0 Å². The Morgan fingerprint density at radius 1 is 1.19 bits per heavy atom. The van der Waals surface area contributed by atoms with Crippen LogP contribution in [-0.2, 0) is 13.0 Å².